The van der Waals surface area contributed by atoms with Gasteiger partial charge in [0.05, 0.1) is 18.8 Å². The number of nitrogens with one attached hydrogen (secondary N) is 2. The molecule has 33 heavy (non-hydrogen) atoms. The number of ether oxygens (including phenoxy) is 1. The van der Waals surface area contributed by atoms with Gasteiger partial charge in [-0.2, -0.15) is 0 Å². The van der Waals surface area contributed by atoms with E-state index < -0.39 is 18.9 Å². The van der Waals surface area contributed by atoms with Crippen molar-refractivity contribution in [3.05, 3.63) is 82.3 Å². The van der Waals surface area contributed by atoms with Gasteiger partial charge in [0.1, 0.15) is 17.0 Å². The lowest BCUT2D eigenvalue weighted by Crippen LogP contribution is -2.27. The number of pyridine rings is 2. The van der Waals surface area contributed by atoms with E-state index in [1.54, 1.807) is 53.3 Å². The van der Waals surface area contributed by atoms with Gasteiger partial charge in [-0.05, 0) is 23.8 Å². The first-order valence-corrected chi connectivity index (χ1v) is 9.93. The summed E-state index contributed by atoms with van der Waals surface area (Å²) in [5.41, 5.74) is 2.09. The molecule has 4 rings (SSSR count). The van der Waals surface area contributed by atoms with Crippen LogP contribution in [0.1, 0.15) is 21.7 Å². The smallest absolute Gasteiger partial charge is 0.345 e. The lowest BCUT2D eigenvalue weighted by Gasteiger charge is -2.08. The number of hydrogen-bond donors (Lipinski definition) is 2. The average Bonchev–Trinajstić information content (AvgIpc) is 3.18. The van der Waals surface area contributed by atoms with Crippen LogP contribution in [0.4, 0.5) is 13.2 Å². The number of aromatic nitrogens is 4. The van der Waals surface area contributed by atoms with Gasteiger partial charge >= 0.3 is 6.36 Å². The lowest BCUT2D eigenvalue weighted by atomic mass is 10.3. The van der Waals surface area contributed by atoms with Crippen LogP contribution in [0.2, 0.25) is 0 Å². The molecule has 0 radical (unpaired) electrons. The van der Waals surface area contributed by atoms with Gasteiger partial charge in [0.25, 0.3) is 11.5 Å². The highest BCUT2D eigenvalue weighted by atomic mass is 19.4. The number of imidazole rings is 1. The van der Waals surface area contributed by atoms with Crippen LogP contribution in [0.3, 0.4) is 0 Å². The zero-order valence-electron chi connectivity index (χ0n) is 17.2. The number of rotatable bonds is 8. The number of carbonyl (C=O) groups excluding carboxylic acids is 1. The first-order chi connectivity index (χ1) is 15.8. The quantitative estimate of drug-likeness (QED) is 0.390. The fourth-order valence-corrected chi connectivity index (χ4v) is 3.18. The van der Waals surface area contributed by atoms with Crippen LogP contribution in [-0.4, -0.2) is 44.2 Å². The van der Waals surface area contributed by atoms with Crippen molar-refractivity contribution in [3.8, 4) is 0 Å². The normalized spacial score (nSPS) is 11.8. The number of alkyl halides is 3. The second kappa shape index (κ2) is 9.38. The summed E-state index contributed by atoms with van der Waals surface area (Å²) in [5, 5.41) is 5.57. The Morgan fingerprint density at radius 2 is 1.91 bits per heavy atom. The van der Waals surface area contributed by atoms with Gasteiger partial charge in [-0.15, -0.1) is 13.2 Å². The first kappa shape index (κ1) is 22.4. The fourth-order valence-electron chi connectivity index (χ4n) is 3.18. The van der Waals surface area contributed by atoms with E-state index in [0.717, 1.165) is 5.56 Å². The van der Waals surface area contributed by atoms with Crippen LogP contribution in [0, 0.1) is 0 Å². The van der Waals surface area contributed by atoms with Crippen LogP contribution >= 0.6 is 0 Å². The van der Waals surface area contributed by atoms with Gasteiger partial charge in [0.2, 0.25) is 0 Å². The monoisotopic (exact) mass is 460 g/mol. The number of amides is 1. The molecule has 0 unspecified atom stereocenters. The molecule has 1 amide bonds. The molecule has 4 heterocycles. The first-order valence-electron chi connectivity index (χ1n) is 9.93. The van der Waals surface area contributed by atoms with E-state index in [-0.39, 0.29) is 24.3 Å². The Kier molecular flexibility index (Phi) is 6.38. The number of hydrogen-bond acceptors (Lipinski definition) is 6. The summed E-state index contributed by atoms with van der Waals surface area (Å²) in [4.78, 5) is 33.2. The molecule has 9 nitrogen and oxygen atoms in total. The zero-order chi connectivity index (χ0) is 23.4. The summed E-state index contributed by atoms with van der Waals surface area (Å²) >= 11 is 0. The molecule has 12 heteroatoms. The van der Waals surface area contributed by atoms with Crippen molar-refractivity contribution in [3.63, 3.8) is 0 Å². The number of nitrogens with zero attached hydrogens (tertiary/aromatic N) is 4. The maximum Gasteiger partial charge on any atom is 0.522 e. The van der Waals surface area contributed by atoms with Crippen LogP contribution in [0.25, 0.3) is 11.3 Å². The Morgan fingerprint density at radius 3 is 2.73 bits per heavy atom. The van der Waals surface area contributed by atoms with Crippen molar-refractivity contribution in [1.29, 1.82) is 0 Å². The Morgan fingerprint density at radius 1 is 1.06 bits per heavy atom. The van der Waals surface area contributed by atoms with Crippen LogP contribution in [-0.2, 0) is 17.8 Å². The van der Waals surface area contributed by atoms with Gasteiger partial charge in [-0.3, -0.25) is 18.7 Å². The highest BCUT2D eigenvalue weighted by Gasteiger charge is 2.28. The maximum atomic E-state index is 12.5. The van der Waals surface area contributed by atoms with Gasteiger partial charge in [-0.1, -0.05) is 12.1 Å². The number of halogens is 3. The van der Waals surface area contributed by atoms with Crippen LogP contribution in [0.15, 0.2) is 59.8 Å². The van der Waals surface area contributed by atoms with Gasteiger partial charge < -0.3 is 15.0 Å². The van der Waals surface area contributed by atoms with E-state index in [4.69, 9.17) is 0 Å². The van der Waals surface area contributed by atoms with E-state index in [1.807, 2.05) is 0 Å². The molecule has 0 saturated carbocycles. The predicted molar refractivity (Wildman–Crippen MR) is 112 cm³/mol. The minimum atomic E-state index is -4.64. The molecule has 0 aliphatic heterocycles. The molecule has 0 bridgehead atoms. The molecular formula is C21H19F3N6O3. The molecule has 0 spiro atoms. The minimum Gasteiger partial charge on any atom is -0.345 e. The van der Waals surface area contributed by atoms with Crippen molar-refractivity contribution >= 4 is 17.2 Å². The molecule has 4 aromatic rings. The summed E-state index contributed by atoms with van der Waals surface area (Å²) in [6, 6.07) is 9.79. The van der Waals surface area contributed by atoms with Crippen LogP contribution in [0.5, 0.6) is 0 Å². The van der Waals surface area contributed by atoms with E-state index in [9.17, 15) is 22.8 Å². The third-order valence-electron chi connectivity index (χ3n) is 4.67. The van der Waals surface area contributed by atoms with E-state index >= 15 is 0 Å². The molecule has 0 aliphatic carbocycles. The lowest BCUT2D eigenvalue weighted by molar-refractivity contribution is -0.323. The minimum absolute atomic E-state index is 0.0119. The Balaban J connectivity index is 1.35. The zero-order valence-corrected chi connectivity index (χ0v) is 17.2. The standard InChI is InChI=1S/C21H19F3N6O3/c22-21(23,24)33-8-6-25-10-14-4-5-17-27-15(13-29(17)12-14)11-26-20(32)16-9-19(31)30-7-2-1-3-18(30)28-16/h1-5,7,9,12-13,25H,6,8,10-11H2,(H,26,32). The summed E-state index contributed by atoms with van der Waals surface area (Å²) in [6.07, 6.45) is 0.457. The summed E-state index contributed by atoms with van der Waals surface area (Å²) in [6.45, 7) is 0.0493. The Hall–Kier alpha value is -3.77. The van der Waals surface area contributed by atoms with E-state index in [0.29, 0.717) is 23.5 Å². The maximum absolute atomic E-state index is 12.5. The SMILES string of the molecule is O=C(NCc1cn2cc(CNCCOC(F)(F)F)ccc2n1)c1cc(=O)n2ccccc2n1. The highest BCUT2D eigenvalue weighted by molar-refractivity contribution is 5.92. The molecule has 0 saturated heterocycles. The molecular weight excluding hydrogens is 441 g/mol. The molecule has 4 aromatic heterocycles. The third kappa shape index (κ3) is 5.73. The highest BCUT2D eigenvalue weighted by Crippen LogP contribution is 2.15. The van der Waals surface area contributed by atoms with Crippen molar-refractivity contribution in [2.24, 2.45) is 0 Å². The molecule has 172 valence electrons. The summed E-state index contributed by atoms with van der Waals surface area (Å²) in [5.74, 6) is -0.499. The van der Waals surface area contributed by atoms with Gasteiger partial charge in [0.15, 0.2) is 0 Å². The molecule has 0 atom stereocenters. The number of carbonyl (C=O) groups is 1. The van der Waals surface area contributed by atoms with Crippen molar-refractivity contribution in [2.75, 3.05) is 13.2 Å². The fraction of sp³-hybridized carbons (Fsp3) is 0.238. The largest absolute Gasteiger partial charge is 0.522 e. The van der Waals surface area contributed by atoms with Gasteiger partial charge in [-0.25, -0.2) is 9.97 Å². The molecule has 0 fully saturated rings. The van der Waals surface area contributed by atoms with E-state index in [1.165, 1.54) is 10.5 Å². The second-order valence-electron chi connectivity index (χ2n) is 7.10. The molecule has 0 aliphatic rings. The summed E-state index contributed by atoms with van der Waals surface area (Å²) in [7, 11) is 0. The Labute approximate surface area is 184 Å². The molecule has 2 N–H and O–H groups in total. The Bertz CT molecular complexity index is 1350. The van der Waals surface area contributed by atoms with E-state index in [2.05, 4.69) is 25.3 Å². The topological polar surface area (TPSA) is 102 Å². The van der Waals surface area contributed by atoms with Crippen molar-refractivity contribution < 1.29 is 22.7 Å². The predicted octanol–water partition coefficient (Wildman–Crippen LogP) is 1.90. The third-order valence-corrected chi connectivity index (χ3v) is 4.67. The van der Waals surface area contributed by atoms with Gasteiger partial charge in [0, 0.05) is 37.7 Å². The average molecular weight is 460 g/mol. The number of fused-ring (bicyclic) bond motifs is 2. The van der Waals surface area contributed by atoms with Crippen molar-refractivity contribution in [1.82, 2.24) is 29.4 Å². The second-order valence-corrected chi connectivity index (χ2v) is 7.10. The van der Waals surface area contributed by atoms with Crippen LogP contribution < -0.4 is 16.2 Å². The summed E-state index contributed by atoms with van der Waals surface area (Å²) < 4.78 is 42.7. The van der Waals surface area contributed by atoms with Crippen molar-refractivity contribution in [2.45, 2.75) is 19.5 Å². The molecule has 0 aromatic carbocycles.